The van der Waals surface area contributed by atoms with Crippen molar-refractivity contribution < 1.29 is 19.1 Å². The molecule has 6 heteroatoms. The van der Waals surface area contributed by atoms with E-state index < -0.39 is 23.5 Å². The summed E-state index contributed by atoms with van der Waals surface area (Å²) in [6.45, 7) is 1.08. The molecule has 1 atom stereocenters. The van der Waals surface area contributed by atoms with Crippen LogP contribution in [0.15, 0.2) is 72.3 Å². The zero-order valence-corrected chi connectivity index (χ0v) is 18.1. The highest BCUT2D eigenvalue weighted by molar-refractivity contribution is 6.46. The molecular formula is C26H25FN2O3. The van der Waals surface area contributed by atoms with Crippen LogP contribution >= 0.6 is 0 Å². The smallest absolute Gasteiger partial charge is 0.295 e. The maximum absolute atomic E-state index is 13.6. The summed E-state index contributed by atoms with van der Waals surface area (Å²) in [6.07, 6.45) is 0.659. The number of Topliss-reactive ketones (excluding diaryl/α,β-unsaturated/α-hetero) is 1. The topological polar surface area (TPSA) is 60.9 Å². The molecule has 1 unspecified atom stereocenters. The Morgan fingerprint density at radius 1 is 1.00 bits per heavy atom. The highest BCUT2D eigenvalue weighted by Crippen LogP contribution is 2.40. The van der Waals surface area contributed by atoms with Crippen LogP contribution in [0, 0.1) is 5.82 Å². The van der Waals surface area contributed by atoms with Gasteiger partial charge in [0.25, 0.3) is 11.7 Å². The van der Waals surface area contributed by atoms with Gasteiger partial charge in [-0.15, -0.1) is 0 Å². The number of benzene rings is 3. The van der Waals surface area contributed by atoms with E-state index in [4.69, 9.17) is 0 Å². The van der Waals surface area contributed by atoms with Gasteiger partial charge in [0.15, 0.2) is 0 Å². The second-order valence-electron chi connectivity index (χ2n) is 8.23. The Kier molecular flexibility index (Phi) is 6.06. The predicted octanol–water partition coefficient (Wildman–Crippen LogP) is 4.35. The summed E-state index contributed by atoms with van der Waals surface area (Å²) in [5, 5.41) is 13.0. The Morgan fingerprint density at radius 3 is 2.41 bits per heavy atom. The zero-order chi connectivity index (χ0) is 22.8. The molecule has 0 radical (unpaired) electrons. The van der Waals surface area contributed by atoms with Gasteiger partial charge in [-0.1, -0.05) is 54.6 Å². The summed E-state index contributed by atoms with van der Waals surface area (Å²) in [6, 6.07) is 17.9. The molecule has 0 spiro atoms. The van der Waals surface area contributed by atoms with Crippen molar-refractivity contribution in [1.82, 2.24) is 9.80 Å². The molecule has 5 nitrogen and oxygen atoms in total. The third-order valence-corrected chi connectivity index (χ3v) is 5.77. The van der Waals surface area contributed by atoms with Crippen molar-refractivity contribution >= 4 is 28.2 Å². The fourth-order valence-corrected chi connectivity index (χ4v) is 4.24. The number of hydrogen-bond donors (Lipinski definition) is 1. The molecule has 32 heavy (non-hydrogen) atoms. The van der Waals surface area contributed by atoms with Crippen LogP contribution in [-0.2, 0) is 9.59 Å². The van der Waals surface area contributed by atoms with E-state index in [0.717, 1.165) is 17.3 Å². The van der Waals surface area contributed by atoms with Gasteiger partial charge in [0.1, 0.15) is 11.6 Å². The van der Waals surface area contributed by atoms with Crippen LogP contribution in [-0.4, -0.2) is 53.8 Å². The van der Waals surface area contributed by atoms with Gasteiger partial charge in [0.2, 0.25) is 0 Å². The lowest BCUT2D eigenvalue weighted by Crippen LogP contribution is -2.32. The van der Waals surface area contributed by atoms with Crippen LogP contribution in [0.5, 0.6) is 0 Å². The molecule has 1 amide bonds. The summed E-state index contributed by atoms with van der Waals surface area (Å²) < 4.78 is 13.6. The molecule has 1 heterocycles. The Labute approximate surface area is 186 Å². The largest absolute Gasteiger partial charge is 0.507 e. The number of aliphatic hydroxyl groups is 1. The molecule has 1 N–H and O–H groups in total. The lowest BCUT2D eigenvalue weighted by atomic mass is 9.93. The lowest BCUT2D eigenvalue weighted by molar-refractivity contribution is -0.139. The van der Waals surface area contributed by atoms with Crippen LogP contribution in [0.25, 0.3) is 16.5 Å². The van der Waals surface area contributed by atoms with Gasteiger partial charge >= 0.3 is 0 Å². The average molecular weight is 432 g/mol. The number of fused-ring (bicyclic) bond motifs is 1. The molecule has 3 aromatic rings. The van der Waals surface area contributed by atoms with E-state index in [9.17, 15) is 19.1 Å². The number of amides is 1. The van der Waals surface area contributed by atoms with Crippen molar-refractivity contribution in [2.45, 2.75) is 12.5 Å². The standard InChI is InChI=1S/C26H25FN2O3/c1-28(2)15-6-16-29-23(18-11-13-19(27)14-12-18)22(25(31)26(29)32)24(30)21-10-5-8-17-7-3-4-9-20(17)21/h3-5,7-14,23,30H,6,15-16H2,1-2H3/b24-22-. The van der Waals surface area contributed by atoms with E-state index in [2.05, 4.69) is 0 Å². The van der Waals surface area contributed by atoms with Crippen LogP contribution in [0.2, 0.25) is 0 Å². The van der Waals surface area contributed by atoms with Crippen LogP contribution in [0.3, 0.4) is 0 Å². The molecule has 0 aromatic heterocycles. The van der Waals surface area contributed by atoms with Gasteiger partial charge in [-0.25, -0.2) is 4.39 Å². The third kappa shape index (κ3) is 4.01. The average Bonchev–Trinajstić information content (AvgIpc) is 3.03. The van der Waals surface area contributed by atoms with Crippen LogP contribution in [0.1, 0.15) is 23.6 Å². The van der Waals surface area contributed by atoms with E-state index in [1.54, 1.807) is 24.3 Å². The molecule has 3 aromatic carbocycles. The van der Waals surface area contributed by atoms with Gasteiger partial charge in [-0.3, -0.25) is 9.59 Å². The number of carbonyl (C=O) groups is 2. The fraction of sp³-hybridized carbons (Fsp3) is 0.231. The molecule has 0 bridgehead atoms. The molecule has 0 saturated carbocycles. The number of ketones is 1. The van der Waals surface area contributed by atoms with Crippen molar-refractivity contribution in [3.8, 4) is 0 Å². The minimum absolute atomic E-state index is 0.0304. The molecule has 1 aliphatic rings. The van der Waals surface area contributed by atoms with Crippen molar-refractivity contribution in [2.75, 3.05) is 27.2 Å². The minimum Gasteiger partial charge on any atom is -0.507 e. The lowest BCUT2D eigenvalue weighted by Gasteiger charge is -2.26. The first-order chi connectivity index (χ1) is 15.4. The van der Waals surface area contributed by atoms with Crippen molar-refractivity contribution in [3.05, 3.63) is 89.2 Å². The molecular weight excluding hydrogens is 407 g/mol. The Hall–Kier alpha value is -3.51. The molecule has 1 aliphatic heterocycles. The van der Waals surface area contributed by atoms with Gasteiger partial charge in [-0.05, 0) is 55.5 Å². The maximum Gasteiger partial charge on any atom is 0.295 e. The number of rotatable bonds is 6. The normalized spacial score (nSPS) is 18.1. The number of aliphatic hydroxyl groups excluding tert-OH is 1. The molecule has 164 valence electrons. The maximum atomic E-state index is 13.6. The molecule has 4 rings (SSSR count). The SMILES string of the molecule is CN(C)CCCN1C(=O)C(=O)/C(=C(\O)c2cccc3ccccc23)C1c1ccc(F)cc1. The monoisotopic (exact) mass is 432 g/mol. The molecule has 1 fully saturated rings. The van der Waals surface area contributed by atoms with Gasteiger partial charge in [-0.2, -0.15) is 0 Å². The summed E-state index contributed by atoms with van der Waals surface area (Å²) in [7, 11) is 3.87. The third-order valence-electron chi connectivity index (χ3n) is 5.77. The summed E-state index contributed by atoms with van der Waals surface area (Å²) in [4.78, 5) is 29.6. The minimum atomic E-state index is -0.781. The zero-order valence-electron chi connectivity index (χ0n) is 18.1. The van der Waals surface area contributed by atoms with E-state index in [1.807, 2.05) is 49.3 Å². The second-order valence-corrected chi connectivity index (χ2v) is 8.23. The van der Waals surface area contributed by atoms with Crippen LogP contribution < -0.4 is 0 Å². The summed E-state index contributed by atoms with van der Waals surface area (Å²) >= 11 is 0. The van der Waals surface area contributed by atoms with E-state index >= 15 is 0 Å². The van der Waals surface area contributed by atoms with Gasteiger partial charge in [0, 0.05) is 12.1 Å². The van der Waals surface area contributed by atoms with Gasteiger partial charge in [0.05, 0.1) is 11.6 Å². The second kappa shape index (κ2) is 8.93. The van der Waals surface area contributed by atoms with E-state index in [-0.39, 0.29) is 11.3 Å². The van der Waals surface area contributed by atoms with Crippen molar-refractivity contribution in [1.29, 1.82) is 0 Å². The molecule has 1 saturated heterocycles. The number of halogens is 1. The summed E-state index contributed by atoms with van der Waals surface area (Å²) in [5.41, 5.74) is 1.10. The first-order valence-corrected chi connectivity index (χ1v) is 10.5. The van der Waals surface area contributed by atoms with Crippen LogP contribution in [0.4, 0.5) is 4.39 Å². The number of carbonyl (C=O) groups excluding carboxylic acids is 2. The molecule has 0 aliphatic carbocycles. The van der Waals surface area contributed by atoms with E-state index in [0.29, 0.717) is 24.1 Å². The first kappa shape index (κ1) is 21.7. The number of nitrogens with zero attached hydrogens (tertiary/aromatic N) is 2. The van der Waals surface area contributed by atoms with Crippen molar-refractivity contribution in [3.63, 3.8) is 0 Å². The Balaban J connectivity index is 1.86. The highest BCUT2D eigenvalue weighted by Gasteiger charge is 2.45. The number of likely N-dealkylation sites (tertiary alicyclic amines) is 1. The highest BCUT2D eigenvalue weighted by atomic mass is 19.1. The van der Waals surface area contributed by atoms with Crippen molar-refractivity contribution in [2.24, 2.45) is 0 Å². The summed E-state index contributed by atoms with van der Waals surface area (Å²) in [5.74, 6) is -2.01. The Morgan fingerprint density at radius 2 is 1.69 bits per heavy atom. The Bertz CT molecular complexity index is 1200. The first-order valence-electron chi connectivity index (χ1n) is 10.5. The predicted molar refractivity (Wildman–Crippen MR) is 123 cm³/mol. The quantitative estimate of drug-likeness (QED) is 0.357. The number of hydrogen-bond acceptors (Lipinski definition) is 4. The van der Waals surface area contributed by atoms with E-state index in [1.165, 1.54) is 17.0 Å². The fourth-order valence-electron chi connectivity index (χ4n) is 4.24. The van der Waals surface area contributed by atoms with Gasteiger partial charge < -0.3 is 14.9 Å².